The van der Waals surface area contributed by atoms with Crippen molar-refractivity contribution in [1.82, 2.24) is 15.1 Å². The number of piperazine rings is 1. The molecule has 2 N–H and O–H groups in total. The van der Waals surface area contributed by atoms with E-state index >= 15 is 0 Å². The summed E-state index contributed by atoms with van der Waals surface area (Å²) in [6, 6.07) is 5.61. The first kappa shape index (κ1) is 14.4. The molecule has 0 atom stereocenters. The Bertz CT molecular complexity index is 512. The molecular weight excluding hydrogens is 266 g/mol. The summed E-state index contributed by atoms with van der Waals surface area (Å²) in [4.78, 5) is 16.4. The first-order chi connectivity index (χ1) is 10.2. The van der Waals surface area contributed by atoms with E-state index in [9.17, 15) is 9.90 Å². The van der Waals surface area contributed by atoms with Crippen molar-refractivity contribution in [3.8, 4) is 5.75 Å². The van der Waals surface area contributed by atoms with E-state index in [4.69, 9.17) is 0 Å². The molecule has 0 radical (unpaired) electrons. The molecule has 2 aliphatic rings. The van der Waals surface area contributed by atoms with Crippen molar-refractivity contribution in [1.29, 1.82) is 0 Å². The summed E-state index contributed by atoms with van der Waals surface area (Å²) in [6.45, 7) is 6.10. The second-order valence-corrected chi connectivity index (χ2v) is 5.86. The number of hydrogen-bond acceptors (Lipinski definition) is 4. The number of benzene rings is 1. The Morgan fingerprint density at radius 1 is 1.19 bits per heavy atom. The highest BCUT2D eigenvalue weighted by molar-refractivity contribution is 5.76. The largest absolute Gasteiger partial charge is 0.508 e. The molecule has 3 rings (SSSR count). The van der Waals surface area contributed by atoms with Crippen molar-refractivity contribution < 1.29 is 9.90 Å². The molecule has 0 aliphatic carbocycles. The molecule has 21 heavy (non-hydrogen) atoms. The topological polar surface area (TPSA) is 55.8 Å². The summed E-state index contributed by atoms with van der Waals surface area (Å²) >= 11 is 0. The van der Waals surface area contributed by atoms with Crippen LogP contribution < -0.4 is 5.32 Å². The van der Waals surface area contributed by atoms with Crippen LogP contribution in [0.15, 0.2) is 18.2 Å². The minimum absolute atomic E-state index is 0.262. The maximum absolute atomic E-state index is 12.2. The Kier molecular flexibility index (Phi) is 4.41. The van der Waals surface area contributed by atoms with Crippen LogP contribution in [0.5, 0.6) is 5.75 Å². The van der Waals surface area contributed by atoms with E-state index in [2.05, 4.69) is 10.2 Å². The number of phenols is 1. The molecule has 1 fully saturated rings. The van der Waals surface area contributed by atoms with Gasteiger partial charge in [-0.2, -0.15) is 0 Å². The highest BCUT2D eigenvalue weighted by Gasteiger charge is 2.20. The van der Waals surface area contributed by atoms with E-state index in [1.165, 1.54) is 11.1 Å². The molecule has 0 unspecified atom stereocenters. The number of carbonyl (C=O) groups excluding carboxylic acids is 1. The van der Waals surface area contributed by atoms with Crippen molar-refractivity contribution >= 4 is 5.91 Å². The Morgan fingerprint density at radius 2 is 2.00 bits per heavy atom. The second kappa shape index (κ2) is 6.45. The average molecular weight is 289 g/mol. The van der Waals surface area contributed by atoms with Crippen LogP contribution in [-0.4, -0.2) is 60.1 Å². The van der Waals surface area contributed by atoms with Crippen LogP contribution in [0.4, 0.5) is 0 Å². The molecule has 2 aliphatic heterocycles. The van der Waals surface area contributed by atoms with Gasteiger partial charge in [0.15, 0.2) is 0 Å². The Morgan fingerprint density at radius 3 is 2.81 bits per heavy atom. The normalized spacial score (nSPS) is 19.3. The van der Waals surface area contributed by atoms with E-state index in [1.807, 2.05) is 17.0 Å². The zero-order valence-electron chi connectivity index (χ0n) is 12.3. The SMILES string of the molecule is O=C(CCN1CCc2ccc(O)cc2C1)N1CCNCC1. The fourth-order valence-electron chi connectivity index (χ4n) is 3.12. The fraction of sp³-hybridized carbons (Fsp3) is 0.562. The summed E-state index contributed by atoms with van der Waals surface area (Å²) in [5.41, 5.74) is 2.51. The number of fused-ring (bicyclic) bond motifs is 1. The molecule has 5 nitrogen and oxygen atoms in total. The molecule has 0 spiro atoms. The maximum atomic E-state index is 12.2. The smallest absolute Gasteiger partial charge is 0.223 e. The fourth-order valence-corrected chi connectivity index (χ4v) is 3.12. The Balaban J connectivity index is 1.51. The van der Waals surface area contributed by atoms with Gasteiger partial charge in [0.1, 0.15) is 5.75 Å². The van der Waals surface area contributed by atoms with Gasteiger partial charge in [0.25, 0.3) is 0 Å². The molecule has 1 amide bonds. The first-order valence-electron chi connectivity index (χ1n) is 7.74. The van der Waals surface area contributed by atoms with E-state index in [-0.39, 0.29) is 5.91 Å². The third-order valence-corrected chi connectivity index (χ3v) is 4.39. The van der Waals surface area contributed by atoms with Gasteiger partial charge in [-0.15, -0.1) is 0 Å². The van der Waals surface area contributed by atoms with Crippen LogP contribution in [-0.2, 0) is 17.8 Å². The molecular formula is C16H23N3O2. The van der Waals surface area contributed by atoms with Crippen LogP contribution >= 0.6 is 0 Å². The summed E-state index contributed by atoms with van der Waals surface area (Å²) in [6.07, 6.45) is 1.59. The van der Waals surface area contributed by atoms with Crippen LogP contribution in [0.2, 0.25) is 0 Å². The Labute approximate surface area is 125 Å². The van der Waals surface area contributed by atoms with Crippen LogP contribution in [0.1, 0.15) is 17.5 Å². The lowest BCUT2D eigenvalue weighted by atomic mass is 9.99. The lowest BCUT2D eigenvalue weighted by Crippen LogP contribution is -2.47. The van der Waals surface area contributed by atoms with Gasteiger partial charge in [-0.25, -0.2) is 0 Å². The Hall–Kier alpha value is -1.59. The van der Waals surface area contributed by atoms with Crippen molar-refractivity contribution in [3.63, 3.8) is 0 Å². The number of amides is 1. The van der Waals surface area contributed by atoms with E-state index in [0.29, 0.717) is 12.2 Å². The van der Waals surface area contributed by atoms with Gasteiger partial charge in [0.2, 0.25) is 5.91 Å². The van der Waals surface area contributed by atoms with Gasteiger partial charge in [0.05, 0.1) is 0 Å². The zero-order chi connectivity index (χ0) is 14.7. The number of nitrogens with one attached hydrogen (secondary N) is 1. The van der Waals surface area contributed by atoms with E-state index in [0.717, 1.165) is 52.2 Å². The summed E-state index contributed by atoms with van der Waals surface area (Å²) < 4.78 is 0. The molecule has 0 bridgehead atoms. The third-order valence-electron chi connectivity index (χ3n) is 4.39. The quantitative estimate of drug-likeness (QED) is 0.854. The van der Waals surface area contributed by atoms with Gasteiger partial charge >= 0.3 is 0 Å². The molecule has 2 heterocycles. The number of rotatable bonds is 3. The zero-order valence-corrected chi connectivity index (χ0v) is 12.3. The predicted octanol–water partition coefficient (Wildman–Crippen LogP) is 0.572. The number of phenolic OH excluding ortho intramolecular Hbond substituents is 1. The summed E-state index contributed by atoms with van der Waals surface area (Å²) in [7, 11) is 0. The first-order valence-corrected chi connectivity index (χ1v) is 7.74. The third kappa shape index (κ3) is 3.54. The molecule has 1 aromatic rings. The lowest BCUT2D eigenvalue weighted by Gasteiger charge is -2.31. The molecule has 0 aromatic heterocycles. The van der Waals surface area contributed by atoms with Gasteiger partial charge in [-0.05, 0) is 29.7 Å². The summed E-state index contributed by atoms with van der Waals surface area (Å²) in [5.74, 6) is 0.589. The minimum Gasteiger partial charge on any atom is -0.508 e. The second-order valence-electron chi connectivity index (χ2n) is 5.86. The molecule has 5 heteroatoms. The molecule has 114 valence electrons. The standard InChI is InChI=1S/C16H23N3O2/c20-15-2-1-13-3-7-18(12-14(13)11-15)8-4-16(21)19-9-5-17-6-10-19/h1-2,11,17,20H,3-10,12H2. The van der Waals surface area contributed by atoms with Crippen LogP contribution in [0.3, 0.4) is 0 Å². The maximum Gasteiger partial charge on any atom is 0.223 e. The number of hydrogen-bond donors (Lipinski definition) is 2. The van der Waals surface area contributed by atoms with Crippen molar-refractivity contribution in [2.24, 2.45) is 0 Å². The monoisotopic (exact) mass is 289 g/mol. The number of carbonyl (C=O) groups is 1. The number of aromatic hydroxyl groups is 1. The van der Waals surface area contributed by atoms with Gasteiger partial charge in [-0.1, -0.05) is 6.07 Å². The van der Waals surface area contributed by atoms with Crippen molar-refractivity contribution in [2.75, 3.05) is 39.3 Å². The van der Waals surface area contributed by atoms with Crippen molar-refractivity contribution in [3.05, 3.63) is 29.3 Å². The molecule has 0 saturated carbocycles. The lowest BCUT2D eigenvalue weighted by molar-refractivity contribution is -0.132. The van der Waals surface area contributed by atoms with Gasteiger partial charge in [0, 0.05) is 52.2 Å². The molecule has 1 saturated heterocycles. The minimum atomic E-state index is 0.262. The predicted molar refractivity (Wildman–Crippen MR) is 81.2 cm³/mol. The number of nitrogens with zero attached hydrogens (tertiary/aromatic N) is 2. The van der Waals surface area contributed by atoms with Gasteiger partial charge < -0.3 is 15.3 Å². The average Bonchev–Trinajstić information content (AvgIpc) is 2.53. The summed E-state index contributed by atoms with van der Waals surface area (Å²) in [5, 5.41) is 12.8. The highest BCUT2D eigenvalue weighted by Crippen LogP contribution is 2.23. The molecule has 1 aromatic carbocycles. The van der Waals surface area contributed by atoms with Crippen LogP contribution in [0.25, 0.3) is 0 Å². The van der Waals surface area contributed by atoms with Gasteiger partial charge in [-0.3, -0.25) is 9.69 Å². The van der Waals surface area contributed by atoms with Crippen molar-refractivity contribution in [2.45, 2.75) is 19.4 Å². The van der Waals surface area contributed by atoms with E-state index in [1.54, 1.807) is 6.07 Å². The highest BCUT2D eigenvalue weighted by atomic mass is 16.3. The van der Waals surface area contributed by atoms with E-state index < -0.39 is 0 Å². The van der Waals surface area contributed by atoms with Crippen LogP contribution in [0, 0.1) is 0 Å².